The van der Waals surface area contributed by atoms with E-state index in [2.05, 4.69) is 32.3 Å². The molecular weight excluding hydrogens is 330 g/mol. The minimum Gasteiger partial charge on any atom is -0.361 e. The smallest absolute Gasteiger partial charge is 0.315 e. The van der Waals surface area contributed by atoms with Gasteiger partial charge in [0.15, 0.2) is 0 Å². The summed E-state index contributed by atoms with van der Waals surface area (Å²) in [4.78, 5) is 16.8. The fourth-order valence-corrected chi connectivity index (χ4v) is 3.59. The van der Waals surface area contributed by atoms with Gasteiger partial charge in [-0.3, -0.25) is 0 Å². The molecule has 1 aromatic carbocycles. The number of imidazole rings is 1. The fourth-order valence-electron chi connectivity index (χ4n) is 3.59. The summed E-state index contributed by atoms with van der Waals surface area (Å²) in [5.74, 6) is 1.83. The predicted octanol–water partition coefficient (Wildman–Crippen LogP) is 2.92. The molecule has 0 spiro atoms. The van der Waals surface area contributed by atoms with Gasteiger partial charge in [-0.05, 0) is 38.3 Å². The van der Waals surface area contributed by atoms with Crippen molar-refractivity contribution in [1.29, 1.82) is 0 Å². The number of fused-ring (bicyclic) bond motifs is 2. The first kappa shape index (κ1) is 16.6. The third-order valence-corrected chi connectivity index (χ3v) is 4.90. The number of aryl methyl sites for hydroxylation is 2. The van der Waals surface area contributed by atoms with Crippen LogP contribution in [-0.4, -0.2) is 20.7 Å². The maximum atomic E-state index is 12.2. The molecule has 0 fully saturated rings. The molecule has 2 heterocycles. The van der Waals surface area contributed by atoms with Crippen LogP contribution in [0.15, 0.2) is 28.8 Å². The lowest BCUT2D eigenvalue weighted by Crippen LogP contribution is -2.35. The maximum absolute atomic E-state index is 12.2. The van der Waals surface area contributed by atoms with Gasteiger partial charge >= 0.3 is 6.03 Å². The molecule has 4 rings (SSSR count). The van der Waals surface area contributed by atoms with Gasteiger partial charge in [0.05, 0.1) is 24.1 Å². The van der Waals surface area contributed by atoms with Crippen molar-refractivity contribution < 1.29 is 9.32 Å². The van der Waals surface area contributed by atoms with Crippen LogP contribution in [0.3, 0.4) is 0 Å². The number of para-hydroxylation sites is 2. The van der Waals surface area contributed by atoms with Crippen LogP contribution in [0.5, 0.6) is 0 Å². The van der Waals surface area contributed by atoms with E-state index in [0.717, 1.165) is 60.5 Å². The minimum absolute atomic E-state index is 0.229. The Balaban J connectivity index is 1.36. The third kappa shape index (κ3) is 3.16. The molecule has 7 heteroatoms. The number of carbonyl (C=O) groups excluding carboxylic acids is 1. The predicted molar refractivity (Wildman–Crippen MR) is 97.6 cm³/mol. The van der Waals surface area contributed by atoms with E-state index < -0.39 is 0 Å². The molecule has 3 aromatic rings. The number of urea groups is 1. The van der Waals surface area contributed by atoms with Gasteiger partial charge < -0.3 is 19.7 Å². The molecule has 0 radical (unpaired) electrons. The van der Waals surface area contributed by atoms with Crippen LogP contribution >= 0.6 is 0 Å². The Morgan fingerprint density at radius 1 is 1.19 bits per heavy atom. The van der Waals surface area contributed by atoms with Crippen molar-refractivity contribution in [2.75, 3.05) is 0 Å². The average molecular weight is 353 g/mol. The van der Waals surface area contributed by atoms with E-state index in [9.17, 15) is 4.79 Å². The molecule has 1 aliphatic carbocycles. The van der Waals surface area contributed by atoms with Gasteiger partial charge in [0.1, 0.15) is 17.3 Å². The van der Waals surface area contributed by atoms with Crippen LogP contribution in [0.2, 0.25) is 0 Å². The second kappa shape index (κ2) is 7.19. The first-order valence-corrected chi connectivity index (χ1v) is 9.18. The molecule has 1 aliphatic rings. The van der Waals surface area contributed by atoms with Gasteiger partial charge in [0.25, 0.3) is 0 Å². The van der Waals surface area contributed by atoms with Crippen molar-refractivity contribution in [3.8, 4) is 0 Å². The molecule has 0 saturated carbocycles. The molecule has 2 N–H and O–H groups in total. The Hall–Kier alpha value is -2.83. The van der Waals surface area contributed by atoms with Gasteiger partial charge in [-0.1, -0.05) is 17.3 Å². The molecule has 7 nitrogen and oxygen atoms in total. The SMILES string of the molecule is CCn1c(CNC(=O)NCc2noc3c2CCCC3)nc2ccccc21. The van der Waals surface area contributed by atoms with Crippen LogP contribution in [-0.2, 0) is 32.5 Å². The Kier molecular flexibility index (Phi) is 4.60. The van der Waals surface area contributed by atoms with Gasteiger partial charge in [0, 0.05) is 18.5 Å². The third-order valence-electron chi connectivity index (χ3n) is 4.90. The van der Waals surface area contributed by atoms with Crippen LogP contribution in [0.4, 0.5) is 4.79 Å². The summed E-state index contributed by atoms with van der Waals surface area (Å²) in [7, 11) is 0. The molecule has 136 valence electrons. The monoisotopic (exact) mass is 353 g/mol. The van der Waals surface area contributed by atoms with Crippen LogP contribution in [0, 0.1) is 0 Å². The number of nitrogens with zero attached hydrogens (tertiary/aromatic N) is 3. The van der Waals surface area contributed by atoms with Crippen LogP contribution < -0.4 is 10.6 Å². The molecule has 0 unspecified atom stereocenters. The molecule has 0 aliphatic heterocycles. The fraction of sp³-hybridized carbons (Fsp3) is 0.421. The number of hydrogen-bond acceptors (Lipinski definition) is 4. The summed E-state index contributed by atoms with van der Waals surface area (Å²) < 4.78 is 7.49. The normalized spacial score (nSPS) is 13.6. The summed E-state index contributed by atoms with van der Waals surface area (Å²) in [6.45, 7) is 3.65. The first-order chi connectivity index (χ1) is 12.8. The molecule has 2 aromatic heterocycles. The number of carbonyl (C=O) groups is 1. The highest BCUT2D eigenvalue weighted by Gasteiger charge is 2.19. The zero-order valence-corrected chi connectivity index (χ0v) is 14.9. The minimum atomic E-state index is -0.229. The number of rotatable bonds is 5. The zero-order valence-electron chi connectivity index (χ0n) is 14.9. The second-order valence-electron chi connectivity index (χ2n) is 6.54. The Labute approximate surface area is 151 Å². The van der Waals surface area contributed by atoms with Crippen LogP contribution in [0.1, 0.15) is 42.6 Å². The number of aromatic nitrogens is 3. The summed E-state index contributed by atoms with van der Waals surface area (Å²) in [5.41, 5.74) is 4.04. The van der Waals surface area contributed by atoms with Crippen molar-refractivity contribution in [3.05, 3.63) is 47.1 Å². The molecule has 0 bridgehead atoms. The highest BCUT2D eigenvalue weighted by atomic mass is 16.5. The van der Waals surface area contributed by atoms with E-state index in [-0.39, 0.29) is 6.03 Å². The lowest BCUT2D eigenvalue weighted by Gasteiger charge is -2.10. The summed E-state index contributed by atoms with van der Waals surface area (Å²) in [6.07, 6.45) is 4.23. The van der Waals surface area contributed by atoms with Crippen molar-refractivity contribution in [2.24, 2.45) is 0 Å². The highest BCUT2D eigenvalue weighted by molar-refractivity contribution is 5.76. The topological polar surface area (TPSA) is 85.0 Å². The van der Waals surface area contributed by atoms with Gasteiger partial charge in [-0.15, -0.1) is 0 Å². The quantitative estimate of drug-likeness (QED) is 0.738. The highest BCUT2D eigenvalue weighted by Crippen LogP contribution is 2.24. The number of hydrogen-bond donors (Lipinski definition) is 2. The lowest BCUT2D eigenvalue weighted by molar-refractivity contribution is 0.239. The Morgan fingerprint density at radius 3 is 2.88 bits per heavy atom. The summed E-state index contributed by atoms with van der Waals surface area (Å²) >= 11 is 0. The van der Waals surface area contributed by atoms with E-state index in [1.54, 1.807) is 0 Å². The van der Waals surface area contributed by atoms with E-state index >= 15 is 0 Å². The van der Waals surface area contributed by atoms with Gasteiger partial charge in [-0.2, -0.15) is 0 Å². The van der Waals surface area contributed by atoms with Crippen molar-refractivity contribution in [2.45, 2.75) is 52.2 Å². The van der Waals surface area contributed by atoms with E-state index in [4.69, 9.17) is 4.52 Å². The van der Waals surface area contributed by atoms with E-state index in [0.29, 0.717) is 13.1 Å². The number of nitrogens with one attached hydrogen (secondary N) is 2. The van der Waals surface area contributed by atoms with Gasteiger partial charge in [-0.25, -0.2) is 9.78 Å². The molecule has 0 saturated heterocycles. The molecule has 0 atom stereocenters. The first-order valence-electron chi connectivity index (χ1n) is 9.18. The molecular formula is C19H23N5O2. The standard InChI is InChI=1S/C19H23N5O2/c1-2-24-16-9-5-4-8-14(16)22-18(24)12-21-19(25)20-11-15-13-7-3-6-10-17(13)26-23-15/h4-5,8-9H,2-3,6-7,10-12H2,1H3,(H2,20,21,25). The zero-order chi connectivity index (χ0) is 17.9. The van der Waals surface area contributed by atoms with Gasteiger partial charge in [0.2, 0.25) is 0 Å². The van der Waals surface area contributed by atoms with E-state index in [1.807, 2.05) is 24.3 Å². The Bertz CT molecular complexity index is 927. The van der Waals surface area contributed by atoms with Crippen LogP contribution in [0.25, 0.3) is 11.0 Å². The Morgan fingerprint density at radius 2 is 2.00 bits per heavy atom. The lowest BCUT2D eigenvalue weighted by atomic mass is 9.96. The van der Waals surface area contributed by atoms with Crippen molar-refractivity contribution >= 4 is 17.1 Å². The number of amides is 2. The maximum Gasteiger partial charge on any atom is 0.315 e. The summed E-state index contributed by atoms with van der Waals surface area (Å²) in [6, 6.07) is 7.77. The largest absolute Gasteiger partial charge is 0.361 e. The van der Waals surface area contributed by atoms with E-state index in [1.165, 1.54) is 5.56 Å². The van der Waals surface area contributed by atoms with Crippen molar-refractivity contribution in [3.63, 3.8) is 0 Å². The molecule has 2 amide bonds. The average Bonchev–Trinajstić information content (AvgIpc) is 3.25. The summed E-state index contributed by atoms with van der Waals surface area (Å²) in [5, 5.41) is 9.86. The number of benzene rings is 1. The molecule has 26 heavy (non-hydrogen) atoms. The second-order valence-corrected chi connectivity index (χ2v) is 6.54. The van der Waals surface area contributed by atoms with Crippen molar-refractivity contribution in [1.82, 2.24) is 25.3 Å².